The molecule has 9 nitrogen and oxygen atoms in total. The molecule has 0 bridgehead atoms. The second-order valence-electron chi connectivity index (χ2n) is 11.1. The van der Waals surface area contributed by atoms with Gasteiger partial charge in [0, 0.05) is 29.4 Å². The van der Waals surface area contributed by atoms with Crippen LogP contribution < -0.4 is 15.4 Å². The fourth-order valence-electron chi connectivity index (χ4n) is 5.27. The van der Waals surface area contributed by atoms with Gasteiger partial charge in [-0.1, -0.05) is 95.9 Å². The SMILES string of the molecule is CCCCCCCCCCCCOc1ccc(NC(=O)CC)c(CNC(=O)c2cc(-n3cnnc3)c3ccccc3c2O)c1. The van der Waals surface area contributed by atoms with Crippen molar-refractivity contribution in [3.63, 3.8) is 0 Å². The summed E-state index contributed by atoms with van der Waals surface area (Å²) in [4.78, 5) is 25.6. The third-order valence-electron chi connectivity index (χ3n) is 7.81. The highest BCUT2D eigenvalue weighted by atomic mass is 16.5. The number of benzene rings is 3. The van der Waals surface area contributed by atoms with Crippen LogP contribution in [-0.4, -0.2) is 38.3 Å². The summed E-state index contributed by atoms with van der Waals surface area (Å²) in [5.41, 5.74) is 2.11. The first-order chi connectivity index (χ1) is 21.5. The zero-order valence-corrected chi connectivity index (χ0v) is 26.0. The van der Waals surface area contributed by atoms with E-state index >= 15 is 0 Å². The number of aromatic nitrogens is 3. The topological polar surface area (TPSA) is 118 Å². The Labute approximate surface area is 260 Å². The molecule has 44 heavy (non-hydrogen) atoms. The van der Waals surface area contributed by atoms with Crippen molar-refractivity contribution in [2.45, 2.75) is 91.0 Å². The zero-order valence-electron chi connectivity index (χ0n) is 26.0. The quantitative estimate of drug-likeness (QED) is 0.101. The lowest BCUT2D eigenvalue weighted by molar-refractivity contribution is -0.115. The molecule has 0 spiro atoms. The van der Waals surface area contributed by atoms with Gasteiger partial charge in [-0.05, 0) is 36.2 Å². The fourth-order valence-corrected chi connectivity index (χ4v) is 5.27. The normalized spacial score (nSPS) is 11.0. The van der Waals surface area contributed by atoms with Crippen LogP contribution in [0.5, 0.6) is 11.5 Å². The van der Waals surface area contributed by atoms with Gasteiger partial charge in [0.2, 0.25) is 5.91 Å². The lowest BCUT2D eigenvalue weighted by atomic mass is 10.0. The van der Waals surface area contributed by atoms with Gasteiger partial charge in [-0.2, -0.15) is 0 Å². The molecular weight excluding hydrogens is 554 g/mol. The van der Waals surface area contributed by atoms with Crippen molar-refractivity contribution in [2.75, 3.05) is 11.9 Å². The number of nitrogens with zero attached hydrogens (tertiary/aromatic N) is 3. The Balaban J connectivity index is 1.39. The van der Waals surface area contributed by atoms with Crippen LogP contribution in [0.2, 0.25) is 0 Å². The number of phenolic OH excluding ortho intramolecular Hbond substituents is 1. The van der Waals surface area contributed by atoms with Crippen molar-refractivity contribution >= 4 is 28.3 Å². The van der Waals surface area contributed by atoms with Gasteiger partial charge in [0.25, 0.3) is 5.91 Å². The van der Waals surface area contributed by atoms with E-state index in [-0.39, 0.29) is 23.8 Å². The monoisotopic (exact) mass is 599 g/mol. The number of aromatic hydroxyl groups is 1. The Morgan fingerprint density at radius 1 is 0.841 bits per heavy atom. The third kappa shape index (κ3) is 9.05. The molecule has 3 aromatic carbocycles. The molecule has 0 aliphatic heterocycles. The molecule has 4 rings (SSSR count). The summed E-state index contributed by atoms with van der Waals surface area (Å²) in [5, 5.41) is 25.9. The zero-order chi connectivity index (χ0) is 31.1. The van der Waals surface area contributed by atoms with Gasteiger partial charge in [0.15, 0.2) is 0 Å². The van der Waals surface area contributed by atoms with Crippen LogP contribution in [0.3, 0.4) is 0 Å². The maximum absolute atomic E-state index is 13.4. The number of hydrogen-bond acceptors (Lipinski definition) is 6. The van der Waals surface area contributed by atoms with E-state index in [0.29, 0.717) is 41.1 Å². The number of nitrogens with one attached hydrogen (secondary N) is 2. The van der Waals surface area contributed by atoms with Gasteiger partial charge in [-0.15, -0.1) is 10.2 Å². The van der Waals surface area contributed by atoms with E-state index in [4.69, 9.17) is 4.74 Å². The van der Waals surface area contributed by atoms with Gasteiger partial charge in [0.1, 0.15) is 24.2 Å². The molecule has 0 fully saturated rings. The van der Waals surface area contributed by atoms with Crippen molar-refractivity contribution in [1.29, 1.82) is 0 Å². The van der Waals surface area contributed by atoms with Crippen LogP contribution in [0, 0.1) is 0 Å². The van der Waals surface area contributed by atoms with Crippen molar-refractivity contribution in [1.82, 2.24) is 20.1 Å². The van der Waals surface area contributed by atoms with Gasteiger partial charge in [-0.25, -0.2) is 0 Å². The van der Waals surface area contributed by atoms with E-state index in [1.54, 1.807) is 42.3 Å². The highest BCUT2D eigenvalue weighted by Gasteiger charge is 2.19. The van der Waals surface area contributed by atoms with E-state index in [1.807, 2.05) is 30.3 Å². The summed E-state index contributed by atoms with van der Waals surface area (Å²) >= 11 is 0. The van der Waals surface area contributed by atoms with Crippen LogP contribution in [0.4, 0.5) is 5.69 Å². The molecule has 0 aliphatic rings. The second-order valence-corrected chi connectivity index (χ2v) is 11.1. The Bertz CT molecular complexity index is 1500. The molecule has 234 valence electrons. The molecule has 4 aromatic rings. The van der Waals surface area contributed by atoms with Crippen LogP contribution in [0.1, 0.15) is 100 Å². The lowest BCUT2D eigenvalue weighted by Gasteiger charge is -2.16. The van der Waals surface area contributed by atoms with Crippen molar-refractivity contribution in [3.8, 4) is 17.2 Å². The summed E-state index contributed by atoms with van der Waals surface area (Å²) in [7, 11) is 0. The fraction of sp³-hybridized carbons (Fsp3) is 0.429. The molecule has 2 amide bonds. The summed E-state index contributed by atoms with van der Waals surface area (Å²) in [6.45, 7) is 4.77. The molecule has 1 aromatic heterocycles. The van der Waals surface area contributed by atoms with E-state index in [2.05, 4.69) is 27.8 Å². The van der Waals surface area contributed by atoms with E-state index < -0.39 is 5.91 Å². The highest BCUT2D eigenvalue weighted by molar-refractivity contribution is 6.06. The maximum Gasteiger partial charge on any atom is 0.255 e. The lowest BCUT2D eigenvalue weighted by Crippen LogP contribution is -2.24. The van der Waals surface area contributed by atoms with Gasteiger partial charge in [-0.3, -0.25) is 14.2 Å². The van der Waals surface area contributed by atoms with Crippen molar-refractivity contribution in [2.24, 2.45) is 0 Å². The van der Waals surface area contributed by atoms with Crippen molar-refractivity contribution in [3.05, 3.63) is 72.3 Å². The molecule has 9 heteroatoms. The largest absolute Gasteiger partial charge is 0.506 e. The minimum atomic E-state index is -0.452. The minimum Gasteiger partial charge on any atom is -0.506 e. The van der Waals surface area contributed by atoms with E-state index in [9.17, 15) is 14.7 Å². The number of carbonyl (C=O) groups excluding carboxylic acids is 2. The highest BCUT2D eigenvalue weighted by Crippen LogP contribution is 2.34. The molecule has 0 unspecified atom stereocenters. The van der Waals surface area contributed by atoms with E-state index in [1.165, 1.54) is 51.4 Å². The average molecular weight is 600 g/mol. The number of hydrogen-bond donors (Lipinski definition) is 3. The summed E-state index contributed by atoms with van der Waals surface area (Å²) in [5.74, 6) is 0.000485. The Kier molecular flexibility index (Phi) is 12.6. The first-order valence-electron chi connectivity index (χ1n) is 15.9. The Hall–Kier alpha value is -4.40. The minimum absolute atomic E-state index is 0.108. The number of carbonyl (C=O) groups is 2. The number of anilines is 1. The predicted octanol–water partition coefficient (Wildman–Crippen LogP) is 7.70. The molecular formula is C35H45N5O4. The van der Waals surface area contributed by atoms with Crippen LogP contribution in [0.15, 0.2) is 61.2 Å². The van der Waals surface area contributed by atoms with Crippen LogP contribution >= 0.6 is 0 Å². The van der Waals surface area contributed by atoms with Gasteiger partial charge in [0.05, 0.1) is 17.9 Å². The first-order valence-corrected chi connectivity index (χ1v) is 15.9. The van der Waals surface area contributed by atoms with Crippen LogP contribution in [0.25, 0.3) is 16.5 Å². The predicted molar refractivity (Wildman–Crippen MR) is 174 cm³/mol. The van der Waals surface area contributed by atoms with Gasteiger partial charge < -0.3 is 20.5 Å². The number of rotatable bonds is 18. The third-order valence-corrected chi connectivity index (χ3v) is 7.81. The Morgan fingerprint density at radius 3 is 2.18 bits per heavy atom. The molecule has 0 atom stereocenters. The average Bonchev–Trinajstić information content (AvgIpc) is 3.58. The maximum atomic E-state index is 13.4. The molecule has 0 radical (unpaired) electrons. The molecule has 0 aliphatic carbocycles. The van der Waals surface area contributed by atoms with Crippen LogP contribution in [-0.2, 0) is 11.3 Å². The number of amides is 2. The summed E-state index contributed by atoms with van der Waals surface area (Å²) in [6.07, 6.45) is 16.0. The second kappa shape index (κ2) is 17.0. The molecule has 3 N–H and O–H groups in total. The number of unbranched alkanes of at least 4 members (excludes halogenated alkanes) is 9. The number of phenols is 1. The summed E-state index contributed by atoms with van der Waals surface area (Å²) < 4.78 is 7.74. The standard InChI is InChI=1S/C35H45N5O4/c1-3-5-6-7-8-9-10-11-12-15-20-44-27-18-19-31(39-33(41)4-2)26(21-27)23-36-35(43)30-22-32(40-24-37-38-25-40)28-16-13-14-17-29(28)34(30)42/h13-14,16-19,21-22,24-25,42H,3-12,15,20,23H2,1-2H3,(H,36,43)(H,39,41). The Morgan fingerprint density at radius 2 is 1.50 bits per heavy atom. The molecule has 1 heterocycles. The summed E-state index contributed by atoms with van der Waals surface area (Å²) in [6, 6.07) is 14.4. The van der Waals surface area contributed by atoms with E-state index in [0.717, 1.165) is 18.2 Å². The number of ether oxygens (including phenoxy) is 1. The molecule has 0 saturated heterocycles. The smallest absolute Gasteiger partial charge is 0.255 e. The first kappa shape index (κ1) is 32.5. The van der Waals surface area contributed by atoms with Crippen molar-refractivity contribution < 1.29 is 19.4 Å². The molecule has 0 saturated carbocycles. The number of fused-ring (bicyclic) bond motifs is 1. The van der Waals surface area contributed by atoms with Gasteiger partial charge >= 0.3 is 0 Å².